The van der Waals surface area contributed by atoms with Gasteiger partial charge in [-0.05, 0) is 22.4 Å². The minimum Gasteiger partial charge on any atom is -0.379 e. The van der Waals surface area contributed by atoms with Crippen molar-refractivity contribution in [3.63, 3.8) is 0 Å². The Morgan fingerprint density at radius 3 is 3.00 bits per heavy atom. The highest BCUT2D eigenvalue weighted by molar-refractivity contribution is 9.10. The zero-order chi connectivity index (χ0) is 10.1. The van der Waals surface area contributed by atoms with Gasteiger partial charge in [-0.3, -0.25) is 14.3 Å². The first-order chi connectivity index (χ1) is 6.68. The van der Waals surface area contributed by atoms with E-state index in [1.165, 1.54) is 10.8 Å². The lowest BCUT2D eigenvalue weighted by molar-refractivity contribution is 0.185. The first-order valence-electron chi connectivity index (χ1n) is 4.27. The van der Waals surface area contributed by atoms with Crippen LogP contribution in [-0.4, -0.2) is 22.8 Å². The second-order valence-electron chi connectivity index (χ2n) is 3.16. The van der Waals surface area contributed by atoms with Crippen LogP contribution >= 0.6 is 15.9 Å². The van der Waals surface area contributed by atoms with Crippen LogP contribution in [0.4, 0.5) is 0 Å². The number of aromatic amines is 1. The molecule has 0 unspecified atom stereocenters. The molecular formula is C8H9BrN2O3. The average molecular weight is 261 g/mol. The SMILES string of the molecule is O=c1[nH]c(=O)n([C@H]2CCOC2)cc1Br. The maximum atomic E-state index is 11.4. The van der Waals surface area contributed by atoms with E-state index in [0.29, 0.717) is 17.7 Å². The number of rotatable bonds is 1. The second kappa shape index (κ2) is 3.70. The van der Waals surface area contributed by atoms with Crippen LogP contribution in [0.25, 0.3) is 0 Å². The lowest BCUT2D eigenvalue weighted by Crippen LogP contribution is -2.32. The molecular weight excluding hydrogens is 252 g/mol. The van der Waals surface area contributed by atoms with E-state index in [2.05, 4.69) is 20.9 Å². The molecule has 76 valence electrons. The molecule has 1 aliphatic rings. The molecule has 0 amide bonds. The topological polar surface area (TPSA) is 64.1 Å². The van der Waals surface area contributed by atoms with E-state index in [1.807, 2.05) is 0 Å². The molecule has 2 rings (SSSR count). The smallest absolute Gasteiger partial charge is 0.328 e. The van der Waals surface area contributed by atoms with Gasteiger partial charge in [0, 0.05) is 12.8 Å². The molecule has 1 aromatic heterocycles. The fraction of sp³-hybridized carbons (Fsp3) is 0.500. The van der Waals surface area contributed by atoms with Crippen LogP contribution < -0.4 is 11.2 Å². The van der Waals surface area contributed by atoms with Crippen molar-refractivity contribution in [2.24, 2.45) is 0 Å². The Balaban J connectivity index is 2.47. The summed E-state index contributed by atoms with van der Waals surface area (Å²) in [6.07, 6.45) is 2.32. The largest absolute Gasteiger partial charge is 0.379 e. The third-order valence-corrected chi connectivity index (χ3v) is 2.79. The van der Waals surface area contributed by atoms with Crippen molar-refractivity contribution in [1.82, 2.24) is 9.55 Å². The van der Waals surface area contributed by atoms with Crippen LogP contribution in [0.3, 0.4) is 0 Å². The van der Waals surface area contributed by atoms with Gasteiger partial charge in [-0.2, -0.15) is 0 Å². The van der Waals surface area contributed by atoms with E-state index in [4.69, 9.17) is 4.74 Å². The van der Waals surface area contributed by atoms with Crippen molar-refractivity contribution in [1.29, 1.82) is 0 Å². The summed E-state index contributed by atoms with van der Waals surface area (Å²) in [5.74, 6) is 0. The standard InChI is InChI=1S/C8H9BrN2O3/c9-6-3-11(5-1-2-14-4-5)8(13)10-7(6)12/h3,5H,1-2,4H2,(H,10,12,13)/t5-/m0/s1. The predicted molar refractivity (Wildman–Crippen MR) is 53.5 cm³/mol. The van der Waals surface area contributed by atoms with Gasteiger partial charge >= 0.3 is 5.69 Å². The van der Waals surface area contributed by atoms with Crippen molar-refractivity contribution in [3.8, 4) is 0 Å². The van der Waals surface area contributed by atoms with Gasteiger partial charge < -0.3 is 4.74 Å². The van der Waals surface area contributed by atoms with Gasteiger partial charge in [0.05, 0.1) is 17.1 Å². The van der Waals surface area contributed by atoms with Gasteiger partial charge in [0.15, 0.2) is 0 Å². The van der Waals surface area contributed by atoms with Crippen LogP contribution in [0, 0.1) is 0 Å². The molecule has 5 nitrogen and oxygen atoms in total. The number of halogens is 1. The van der Waals surface area contributed by atoms with E-state index < -0.39 is 5.56 Å². The third kappa shape index (κ3) is 1.67. The van der Waals surface area contributed by atoms with Gasteiger partial charge in [-0.15, -0.1) is 0 Å². The molecule has 0 radical (unpaired) electrons. The summed E-state index contributed by atoms with van der Waals surface area (Å²) in [4.78, 5) is 24.7. The predicted octanol–water partition coefficient (Wildman–Crippen LogP) is 0.260. The summed E-state index contributed by atoms with van der Waals surface area (Å²) >= 11 is 3.08. The lowest BCUT2D eigenvalue weighted by Gasteiger charge is -2.10. The Bertz CT molecular complexity index is 445. The Morgan fingerprint density at radius 2 is 2.36 bits per heavy atom. The molecule has 6 heteroatoms. The fourth-order valence-electron chi connectivity index (χ4n) is 1.47. The quantitative estimate of drug-likeness (QED) is 0.788. The first-order valence-corrected chi connectivity index (χ1v) is 5.06. The molecule has 1 fully saturated rings. The molecule has 2 heterocycles. The normalized spacial score (nSPS) is 21.4. The fourth-order valence-corrected chi connectivity index (χ4v) is 1.79. The van der Waals surface area contributed by atoms with Crippen molar-refractivity contribution in [3.05, 3.63) is 31.5 Å². The van der Waals surface area contributed by atoms with E-state index >= 15 is 0 Å². The van der Waals surface area contributed by atoms with Gasteiger partial charge in [-0.25, -0.2) is 4.79 Å². The van der Waals surface area contributed by atoms with Gasteiger partial charge in [0.1, 0.15) is 0 Å². The molecule has 14 heavy (non-hydrogen) atoms. The monoisotopic (exact) mass is 260 g/mol. The van der Waals surface area contributed by atoms with Crippen LogP contribution in [-0.2, 0) is 4.74 Å². The van der Waals surface area contributed by atoms with Gasteiger partial charge in [-0.1, -0.05) is 0 Å². The number of aromatic nitrogens is 2. The van der Waals surface area contributed by atoms with E-state index in [1.54, 1.807) is 0 Å². The molecule has 1 saturated heterocycles. The molecule has 1 aromatic rings. The van der Waals surface area contributed by atoms with Crippen molar-refractivity contribution in [2.75, 3.05) is 13.2 Å². The van der Waals surface area contributed by atoms with E-state index in [0.717, 1.165) is 6.42 Å². The number of hydrogen-bond acceptors (Lipinski definition) is 3. The molecule has 1 atom stereocenters. The summed E-state index contributed by atoms with van der Waals surface area (Å²) in [7, 11) is 0. The molecule has 0 spiro atoms. The average Bonchev–Trinajstić information content (AvgIpc) is 2.64. The van der Waals surface area contributed by atoms with Crippen LogP contribution in [0.1, 0.15) is 12.5 Å². The van der Waals surface area contributed by atoms with E-state index in [9.17, 15) is 9.59 Å². The highest BCUT2D eigenvalue weighted by Crippen LogP contribution is 2.16. The van der Waals surface area contributed by atoms with Crippen molar-refractivity contribution < 1.29 is 4.74 Å². The highest BCUT2D eigenvalue weighted by Gasteiger charge is 2.19. The molecule has 0 aromatic carbocycles. The Kier molecular flexibility index (Phi) is 2.56. The Hall–Kier alpha value is -0.880. The summed E-state index contributed by atoms with van der Waals surface area (Å²) in [6, 6.07) is 0.0376. The van der Waals surface area contributed by atoms with E-state index in [-0.39, 0.29) is 11.7 Å². The highest BCUT2D eigenvalue weighted by atomic mass is 79.9. The maximum Gasteiger partial charge on any atom is 0.328 e. The summed E-state index contributed by atoms with van der Waals surface area (Å²) in [5.41, 5.74) is -0.779. The summed E-state index contributed by atoms with van der Waals surface area (Å²) < 4.78 is 7.03. The minimum absolute atomic E-state index is 0.0376. The number of hydrogen-bond donors (Lipinski definition) is 1. The number of ether oxygens (including phenoxy) is 1. The zero-order valence-electron chi connectivity index (χ0n) is 7.33. The molecule has 0 bridgehead atoms. The summed E-state index contributed by atoms with van der Waals surface area (Å²) in [5, 5.41) is 0. The van der Waals surface area contributed by atoms with Crippen LogP contribution in [0.2, 0.25) is 0 Å². The van der Waals surface area contributed by atoms with Crippen molar-refractivity contribution in [2.45, 2.75) is 12.5 Å². The molecule has 1 aliphatic heterocycles. The zero-order valence-corrected chi connectivity index (χ0v) is 8.91. The molecule has 0 saturated carbocycles. The van der Waals surface area contributed by atoms with Crippen molar-refractivity contribution >= 4 is 15.9 Å². The molecule has 0 aliphatic carbocycles. The Morgan fingerprint density at radius 1 is 1.57 bits per heavy atom. The first kappa shape index (κ1) is 9.67. The molecule has 1 N–H and O–H groups in total. The maximum absolute atomic E-state index is 11.4. The Labute approximate surface area is 87.8 Å². The van der Waals surface area contributed by atoms with Gasteiger partial charge in [0.25, 0.3) is 5.56 Å². The number of H-pyrrole nitrogens is 1. The minimum atomic E-state index is -0.398. The van der Waals surface area contributed by atoms with Crippen LogP contribution in [0.15, 0.2) is 20.3 Å². The number of nitrogens with zero attached hydrogens (tertiary/aromatic N) is 1. The third-order valence-electron chi connectivity index (χ3n) is 2.22. The van der Waals surface area contributed by atoms with Gasteiger partial charge in [0.2, 0.25) is 0 Å². The lowest BCUT2D eigenvalue weighted by atomic mass is 10.2. The summed E-state index contributed by atoms with van der Waals surface area (Å²) in [6.45, 7) is 1.19. The number of nitrogens with one attached hydrogen (secondary N) is 1. The second-order valence-corrected chi connectivity index (χ2v) is 4.02. The van der Waals surface area contributed by atoms with Crippen LogP contribution in [0.5, 0.6) is 0 Å².